The van der Waals surface area contributed by atoms with Gasteiger partial charge in [0.1, 0.15) is 30.5 Å². The molecule has 0 saturated heterocycles. The van der Waals surface area contributed by atoms with Crippen molar-refractivity contribution in [1.82, 2.24) is 9.80 Å². The molecule has 0 unspecified atom stereocenters. The standard InChI is InChI=1S/C29H33FN2O4S/c1-20(2)10-13-31(29(34)21-6-4-8-23(16-21)35-3)18-28(33)32-14-11-27-25(12-15-37-27)26(32)19-36-24-9-5-7-22(30)17-24/h4-9,12,15-17,20,26H,10-11,13-14,18-19H2,1-3H3/t26-/m1/s1. The Morgan fingerprint density at radius 1 is 1.14 bits per heavy atom. The van der Waals surface area contributed by atoms with Gasteiger partial charge in [0, 0.05) is 29.6 Å². The lowest BCUT2D eigenvalue weighted by Gasteiger charge is -2.37. The molecule has 2 aromatic carbocycles. The number of thiophene rings is 1. The number of carbonyl (C=O) groups is 2. The molecule has 0 bridgehead atoms. The van der Waals surface area contributed by atoms with Crippen molar-refractivity contribution in [2.24, 2.45) is 5.92 Å². The maximum Gasteiger partial charge on any atom is 0.254 e. The predicted octanol–water partition coefficient (Wildman–Crippen LogP) is 5.59. The Labute approximate surface area is 221 Å². The van der Waals surface area contributed by atoms with E-state index >= 15 is 0 Å². The first-order chi connectivity index (χ1) is 17.9. The Hall–Kier alpha value is -3.39. The van der Waals surface area contributed by atoms with Crippen molar-refractivity contribution in [3.63, 3.8) is 0 Å². The van der Waals surface area contributed by atoms with E-state index in [2.05, 4.69) is 13.8 Å². The van der Waals surface area contributed by atoms with Crippen LogP contribution in [-0.2, 0) is 11.2 Å². The van der Waals surface area contributed by atoms with E-state index in [1.54, 1.807) is 64.6 Å². The zero-order valence-electron chi connectivity index (χ0n) is 21.5. The summed E-state index contributed by atoms with van der Waals surface area (Å²) in [7, 11) is 1.56. The van der Waals surface area contributed by atoms with E-state index in [0.717, 1.165) is 18.4 Å². The zero-order chi connectivity index (χ0) is 26.4. The Balaban J connectivity index is 1.54. The minimum atomic E-state index is -0.373. The average Bonchev–Trinajstić information content (AvgIpc) is 3.38. The van der Waals surface area contributed by atoms with Crippen LogP contribution in [0.3, 0.4) is 0 Å². The van der Waals surface area contributed by atoms with Crippen molar-refractivity contribution in [2.45, 2.75) is 32.7 Å². The van der Waals surface area contributed by atoms with Crippen molar-refractivity contribution < 1.29 is 23.5 Å². The summed E-state index contributed by atoms with van der Waals surface area (Å²) in [5.41, 5.74) is 1.54. The molecule has 3 aromatic rings. The van der Waals surface area contributed by atoms with E-state index in [1.807, 2.05) is 11.4 Å². The lowest BCUT2D eigenvalue weighted by Crippen LogP contribution is -2.48. The lowest BCUT2D eigenvalue weighted by atomic mass is 10.00. The summed E-state index contributed by atoms with van der Waals surface area (Å²) < 4.78 is 24.9. The van der Waals surface area contributed by atoms with Gasteiger partial charge in [0.05, 0.1) is 13.2 Å². The Morgan fingerprint density at radius 2 is 1.92 bits per heavy atom. The molecule has 37 heavy (non-hydrogen) atoms. The Kier molecular flexibility index (Phi) is 8.82. The van der Waals surface area contributed by atoms with Gasteiger partial charge in [0.2, 0.25) is 5.91 Å². The molecule has 0 saturated carbocycles. The molecule has 0 radical (unpaired) electrons. The smallest absolute Gasteiger partial charge is 0.254 e. The molecule has 4 rings (SSSR count). The van der Waals surface area contributed by atoms with Crippen LogP contribution in [0.5, 0.6) is 11.5 Å². The molecule has 8 heteroatoms. The van der Waals surface area contributed by atoms with E-state index in [0.29, 0.717) is 36.1 Å². The van der Waals surface area contributed by atoms with Crippen LogP contribution in [-0.4, -0.2) is 55.0 Å². The highest BCUT2D eigenvalue weighted by atomic mass is 32.1. The highest BCUT2D eigenvalue weighted by Gasteiger charge is 2.33. The van der Waals surface area contributed by atoms with E-state index in [4.69, 9.17) is 9.47 Å². The number of halogens is 1. The summed E-state index contributed by atoms with van der Waals surface area (Å²) in [5.74, 6) is 0.685. The minimum Gasteiger partial charge on any atom is -0.497 e. The molecule has 0 spiro atoms. The maximum absolute atomic E-state index is 13.7. The van der Waals surface area contributed by atoms with Crippen molar-refractivity contribution in [3.05, 3.63) is 81.8 Å². The number of nitrogens with zero attached hydrogens (tertiary/aromatic N) is 2. The van der Waals surface area contributed by atoms with Crippen LogP contribution in [0.4, 0.5) is 4.39 Å². The van der Waals surface area contributed by atoms with Crippen LogP contribution in [0.2, 0.25) is 0 Å². The van der Waals surface area contributed by atoms with Crippen molar-refractivity contribution in [2.75, 3.05) is 33.4 Å². The number of carbonyl (C=O) groups excluding carboxylic acids is 2. The lowest BCUT2D eigenvalue weighted by molar-refractivity contribution is -0.135. The second-order valence-corrected chi connectivity index (χ2v) is 10.6. The molecule has 0 fully saturated rings. The molecule has 0 N–H and O–H groups in total. The quantitative estimate of drug-likeness (QED) is 0.347. The maximum atomic E-state index is 13.7. The minimum absolute atomic E-state index is 0.0291. The van der Waals surface area contributed by atoms with Gasteiger partial charge >= 0.3 is 0 Å². The molecule has 1 aliphatic heterocycles. The van der Waals surface area contributed by atoms with Gasteiger partial charge < -0.3 is 19.3 Å². The van der Waals surface area contributed by atoms with Crippen LogP contribution in [0, 0.1) is 11.7 Å². The third-order valence-corrected chi connectivity index (χ3v) is 7.52. The summed E-state index contributed by atoms with van der Waals surface area (Å²) in [6.45, 7) is 5.38. The number of hydrogen-bond acceptors (Lipinski definition) is 5. The van der Waals surface area contributed by atoms with Crippen LogP contribution in [0.15, 0.2) is 60.0 Å². The second-order valence-electron chi connectivity index (χ2n) is 9.56. The van der Waals surface area contributed by atoms with E-state index < -0.39 is 0 Å². The molecule has 196 valence electrons. The molecule has 1 atom stereocenters. The highest BCUT2D eigenvalue weighted by Crippen LogP contribution is 2.34. The average molecular weight is 525 g/mol. The first kappa shape index (κ1) is 26.7. The fourth-order valence-corrected chi connectivity index (χ4v) is 5.39. The third-order valence-electron chi connectivity index (χ3n) is 6.53. The fourth-order valence-electron chi connectivity index (χ4n) is 4.47. The number of rotatable bonds is 10. The fraction of sp³-hybridized carbons (Fsp3) is 0.379. The van der Waals surface area contributed by atoms with Crippen molar-refractivity contribution in [3.8, 4) is 11.5 Å². The van der Waals surface area contributed by atoms with Gasteiger partial charge in [-0.05, 0) is 66.1 Å². The zero-order valence-corrected chi connectivity index (χ0v) is 22.3. The largest absolute Gasteiger partial charge is 0.497 e. The molecule has 1 aliphatic rings. The third kappa shape index (κ3) is 6.68. The topological polar surface area (TPSA) is 59.1 Å². The SMILES string of the molecule is COc1cccc(C(=O)N(CCC(C)C)CC(=O)N2CCc3sccc3[C@H]2COc2cccc(F)c2)c1. The molecular weight excluding hydrogens is 491 g/mol. The normalized spacial score (nSPS) is 14.8. The number of fused-ring (bicyclic) bond motifs is 1. The summed E-state index contributed by atoms with van der Waals surface area (Å²) in [6.07, 6.45) is 1.54. The second kappa shape index (κ2) is 12.2. The van der Waals surface area contributed by atoms with Gasteiger partial charge in [0.15, 0.2) is 0 Å². The number of amides is 2. The summed E-state index contributed by atoms with van der Waals surface area (Å²) in [4.78, 5) is 31.8. The highest BCUT2D eigenvalue weighted by molar-refractivity contribution is 7.10. The molecule has 2 amide bonds. The molecular formula is C29H33FN2O4S. The van der Waals surface area contributed by atoms with E-state index in [9.17, 15) is 14.0 Å². The van der Waals surface area contributed by atoms with Gasteiger partial charge in [-0.1, -0.05) is 26.0 Å². The summed E-state index contributed by atoms with van der Waals surface area (Å²) in [6, 6.07) is 14.7. The summed E-state index contributed by atoms with van der Waals surface area (Å²) >= 11 is 1.67. The molecule has 2 heterocycles. The molecule has 6 nitrogen and oxygen atoms in total. The van der Waals surface area contributed by atoms with Gasteiger partial charge in [-0.25, -0.2) is 4.39 Å². The first-order valence-electron chi connectivity index (χ1n) is 12.5. The van der Waals surface area contributed by atoms with Gasteiger partial charge in [-0.3, -0.25) is 9.59 Å². The van der Waals surface area contributed by atoms with Crippen LogP contribution in [0.1, 0.15) is 47.1 Å². The number of benzene rings is 2. The van der Waals surface area contributed by atoms with Gasteiger partial charge in [0.25, 0.3) is 5.91 Å². The van der Waals surface area contributed by atoms with Gasteiger partial charge in [-0.2, -0.15) is 0 Å². The number of methoxy groups -OCH3 is 1. The van der Waals surface area contributed by atoms with Gasteiger partial charge in [-0.15, -0.1) is 11.3 Å². The number of hydrogen-bond donors (Lipinski definition) is 0. The Bertz CT molecular complexity index is 1230. The number of ether oxygens (including phenoxy) is 2. The predicted molar refractivity (Wildman–Crippen MR) is 143 cm³/mol. The Morgan fingerprint density at radius 3 is 2.68 bits per heavy atom. The van der Waals surface area contributed by atoms with Crippen LogP contribution >= 0.6 is 11.3 Å². The summed E-state index contributed by atoms with van der Waals surface area (Å²) in [5, 5.41) is 2.02. The van der Waals surface area contributed by atoms with Crippen molar-refractivity contribution >= 4 is 23.2 Å². The van der Waals surface area contributed by atoms with E-state index in [-0.39, 0.29) is 36.8 Å². The first-order valence-corrected chi connectivity index (χ1v) is 13.4. The molecule has 0 aliphatic carbocycles. The van der Waals surface area contributed by atoms with Crippen LogP contribution in [0.25, 0.3) is 0 Å². The van der Waals surface area contributed by atoms with Crippen LogP contribution < -0.4 is 9.47 Å². The van der Waals surface area contributed by atoms with E-state index in [1.165, 1.54) is 17.0 Å². The monoisotopic (exact) mass is 524 g/mol. The molecule has 1 aromatic heterocycles. The van der Waals surface area contributed by atoms with Crippen molar-refractivity contribution in [1.29, 1.82) is 0 Å².